The van der Waals surface area contributed by atoms with Gasteiger partial charge >= 0.3 is 13.8 Å². The van der Waals surface area contributed by atoms with E-state index in [1.165, 1.54) is 148 Å². The summed E-state index contributed by atoms with van der Waals surface area (Å²) in [7, 11) is -4.53. The predicted octanol–water partition coefficient (Wildman–Crippen LogP) is 12.6. The van der Waals surface area contributed by atoms with Gasteiger partial charge in [0.2, 0.25) is 0 Å². The fourth-order valence-corrected chi connectivity index (χ4v) is 7.05. The van der Waals surface area contributed by atoms with Crippen LogP contribution >= 0.6 is 7.82 Å². The van der Waals surface area contributed by atoms with Crippen LogP contribution in [0.25, 0.3) is 0 Å². The summed E-state index contributed by atoms with van der Waals surface area (Å²) >= 11 is 0. The lowest BCUT2D eigenvalue weighted by atomic mass is 10.0. The van der Waals surface area contributed by atoms with Gasteiger partial charge in [0.05, 0.1) is 26.1 Å². The molecule has 320 valence electrons. The van der Waals surface area contributed by atoms with Crippen molar-refractivity contribution in [3.05, 3.63) is 24.5 Å². The van der Waals surface area contributed by atoms with Crippen molar-refractivity contribution >= 4 is 13.8 Å². The monoisotopic (exact) mass is 789 g/mol. The summed E-state index contributed by atoms with van der Waals surface area (Å²) < 4.78 is 33.1. The second-order valence-electron chi connectivity index (χ2n) is 15.1. The summed E-state index contributed by atoms with van der Waals surface area (Å²) in [4.78, 5) is 22.6. The van der Waals surface area contributed by atoms with Crippen LogP contribution in [-0.4, -0.2) is 59.7 Å². The lowest BCUT2D eigenvalue weighted by Gasteiger charge is -2.20. The van der Waals surface area contributed by atoms with Crippen molar-refractivity contribution in [3.8, 4) is 0 Å². The van der Waals surface area contributed by atoms with Gasteiger partial charge in [0, 0.05) is 6.42 Å². The Hall–Kier alpha value is -1.22. The quantitative estimate of drug-likeness (QED) is 0.0182. The molecule has 0 saturated heterocycles. The van der Waals surface area contributed by atoms with Crippen LogP contribution in [0.15, 0.2) is 24.5 Å². The average molecular weight is 789 g/mol. The fourth-order valence-electron chi connectivity index (χ4n) is 6.26. The fraction of sp³-hybridized carbons (Fsp3) is 0.886. The second-order valence-corrected chi connectivity index (χ2v) is 16.6. The molecule has 54 heavy (non-hydrogen) atoms. The van der Waals surface area contributed by atoms with Crippen LogP contribution in [0.1, 0.15) is 213 Å². The van der Waals surface area contributed by atoms with Crippen molar-refractivity contribution in [2.24, 2.45) is 0 Å². The van der Waals surface area contributed by atoms with Gasteiger partial charge < -0.3 is 24.6 Å². The first-order chi connectivity index (χ1) is 26.3. The van der Waals surface area contributed by atoms with Crippen LogP contribution < -0.4 is 0 Å². The normalized spacial score (nSPS) is 14.2. The molecule has 3 atom stereocenters. The number of phosphoric acid groups is 1. The standard InChI is InChI=1S/C44H85O9P/c1-3-5-7-9-11-13-15-17-19-20-21-22-23-24-26-28-30-32-34-36-44(47)53-43(41-52-54(48,49)51-39-42(46)38-45)40-50-37-35-33-31-29-27-25-18-16-14-12-10-8-6-4-2/h20-21,35,37,42-43,45-46H,3-19,22-34,36,38-41H2,1-2H3,(H,48,49)/b21-20-,37-35-/t42-,43+/m0/s1. The van der Waals surface area contributed by atoms with E-state index in [1.54, 1.807) is 6.26 Å². The molecule has 0 heterocycles. The average Bonchev–Trinajstić information content (AvgIpc) is 3.16. The molecule has 10 heteroatoms. The first-order valence-corrected chi connectivity index (χ1v) is 23.9. The maximum atomic E-state index is 12.6. The SMILES string of the molecule is CCCCCCCCCC/C=C\CCCCCCCCCC(=O)O[C@H](CO/C=C\CCCCCCCCCCCCCC)COP(=O)(O)OC[C@@H](O)CO. The number of aliphatic hydroxyl groups is 2. The van der Waals surface area contributed by atoms with Crippen molar-refractivity contribution < 1.29 is 43.0 Å². The molecule has 0 aromatic rings. The minimum absolute atomic E-state index is 0.0334. The number of ether oxygens (including phenoxy) is 2. The largest absolute Gasteiger partial charge is 0.498 e. The maximum Gasteiger partial charge on any atom is 0.472 e. The van der Waals surface area contributed by atoms with E-state index >= 15 is 0 Å². The number of rotatable bonds is 43. The van der Waals surface area contributed by atoms with Crippen LogP contribution in [0.5, 0.6) is 0 Å². The molecule has 3 N–H and O–H groups in total. The van der Waals surface area contributed by atoms with Crippen LogP contribution in [-0.2, 0) is 27.9 Å². The molecule has 0 spiro atoms. The number of unbranched alkanes of at least 4 members (excludes halogenated alkanes) is 27. The van der Waals surface area contributed by atoms with Gasteiger partial charge in [-0.2, -0.15) is 0 Å². The zero-order valence-corrected chi connectivity index (χ0v) is 35.8. The third kappa shape index (κ3) is 40.4. The predicted molar refractivity (Wildman–Crippen MR) is 223 cm³/mol. The van der Waals surface area contributed by atoms with Crippen LogP contribution in [0.2, 0.25) is 0 Å². The van der Waals surface area contributed by atoms with E-state index in [0.29, 0.717) is 6.42 Å². The first kappa shape index (κ1) is 52.8. The van der Waals surface area contributed by atoms with Crippen LogP contribution in [0, 0.1) is 0 Å². The van der Waals surface area contributed by atoms with Gasteiger partial charge in [-0.25, -0.2) is 4.57 Å². The Kier molecular flexibility index (Phi) is 40.5. The number of phosphoric ester groups is 1. The molecule has 0 rings (SSSR count). The Morgan fingerprint density at radius 3 is 1.39 bits per heavy atom. The molecule has 0 amide bonds. The Labute approximate surface area is 332 Å². The van der Waals surface area contributed by atoms with E-state index in [2.05, 4.69) is 26.0 Å². The van der Waals surface area contributed by atoms with Gasteiger partial charge in [0.1, 0.15) is 12.7 Å². The van der Waals surface area contributed by atoms with E-state index < -0.39 is 45.8 Å². The van der Waals surface area contributed by atoms with Gasteiger partial charge in [-0.3, -0.25) is 13.8 Å². The van der Waals surface area contributed by atoms with Crippen LogP contribution in [0.3, 0.4) is 0 Å². The Morgan fingerprint density at radius 2 is 0.944 bits per heavy atom. The van der Waals surface area contributed by atoms with E-state index in [0.717, 1.165) is 38.5 Å². The zero-order chi connectivity index (χ0) is 39.6. The molecular weight excluding hydrogens is 703 g/mol. The molecule has 0 bridgehead atoms. The summed E-state index contributed by atoms with van der Waals surface area (Å²) in [5.41, 5.74) is 0. The van der Waals surface area contributed by atoms with Crippen molar-refractivity contribution in [1.82, 2.24) is 0 Å². The first-order valence-electron chi connectivity index (χ1n) is 22.4. The van der Waals surface area contributed by atoms with Crippen molar-refractivity contribution in [1.29, 1.82) is 0 Å². The topological polar surface area (TPSA) is 132 Å². The highest BCUT2D eigenvalue weighted by Crippen LogP contribution is 2.43. The molecule has 0 radical (unpaired) electrons. The molecule has 0 aliphatic heterocycles. The van der Waals surface area contributed by atoms with Gasteiger partial charge in [-0.1, -0.05) is 174 Å². The molecule has 0 aliphatic rings. The highest BCUT2D eigenvalue weighted by atomic mass is 31.2. The molecule has 0 aromatic heterocycles. The van der Waals surface area contributed by atoms with E-state index in [1.807, 2.05) is 6.08 Å². The third-order valence-corrected chi connectivity index (χ3v) is 10.7. The van der Waals surface area contributed by atoms with Gasteiger partial charge in [0.25, 0.3) is 0 Å². The summed E-state index contributed by atoms with van der Waals surface area (Å²) in [5.74, 6) is -0.407. The number of allylic oxidation sites excluding steroid dienone is 3. The Morgan fingerprint density at radius 1 is 0.556 bits per heavy atom. The molecule has 9 nitrogen and oxygen atoms in total. The lowest BCUT2D eigenvalue weighted by molar-refractivity contribution is -0.153. The van der Waals surface area contributed by atoms with Gasteiger partial charge in [-0.05, 0) is 51.0 Å². The number of carbonyl (C=O) groups excluding carboxylic acids is 1. The highest BCUT2D eigenvalue weighted by Gasteiger charge is 2.26. The summed E-state index contributed by atoms with van der Waals surface area (Å²) in [6.07, 6.45) is 43.7. The summed E-state index contributed by atoms with van der Waals surface area (Å²) in [6, 6.07) is 0. The summed E-state index contributed by atoms with van der Waals surface area (Å²) in [5, 5.41) is 18.3. The smallest absolute Gasteiger partial charge is 0.472 e. The number of aliphatic hydroxyl groups excluding tert-OH is 2. The minimum atomic E-state index is -4.53. The molecule has 0 aliphatic carbocycles. The molecule has 0 aromatic carbocycles. The molecule has 1 unspecified atom stereocenters. The molecule has 0 fully saturated rings. The van der Waals surface area contributed by atoms with Crippen LogP contribution in [0.4, 0.5) is 0 Å². The number of esters is 1. The number of hydrogen-bond acceptors (Lipinski definition) is 8. The van der Waals surface area contributed by atoms with Crippen molar-refractivity contribution in [2.75, 3.05) is 26.4 Å². The van der Waals surface area contributed by atoms with E-state index in [9.17, 15) is 19.4 Å². The van der Waals surface area contributed by atoms with Gasteiger partial charge in [-0.15, -0.1) is 0 Å². The zero-order valence-electron chi connectivity index (χ0n) is 35.0. The van der Waals surface area contributed by atoms with E-state index in [4.69, 9.17) is 23.6 Å². The molecular formula is C44H85O9P. The number of hydrogen-bond donors (Lipinski definition) is 3. The highest BCUT2D eigenvalue weighted by molar-refractivity contribution is 7.47. The van der Waals surface area contributed by atoms with Crippen molar-refractivity contribution in [3.63, 3.8) is 0 Å². The lowest BCUT2D eigenvalue weighted by Crippen LogP contribution is -2.28. The molecule has 0 saturated carbocycles. The minimum Gasteiger partial charge on any atom is -0.498 e. The third-order valence-electron chi connectivity index (χ3n) is 9.70. The Bertz CT molecular complexity index is 897. The Balaban J connectivity index is 4.18. The second kappa shape index (κ2) is 41.4. The van der Waals surface area contributed by atoms with E-state index in [-0.39, 0.29) is 13.0 Å². The summed E-state index contributed by atoms with van der Waals surface area (Å²) in [6.45, 7) is 2.90. The van der Waals surface area contributed by atoms with Crippen molar-refractivity contribution in [2.45, 2.75) is 225 Å². The maximum absolute atomic E-state index is 12.6. The number of carbonyl (C=O) groups is 1. The van der Waals surface area contributed by atoms with Gasteiger partial charge in [0.15, 0.2) is 6.10 Å².